The molecule has 0 atom stereocenters. The number of benzene rings is 1. The summed E-state index contributed by atoms with van der Waals surface area (Å²) < 4.78 is 25.5. The molecule has 0 saturated carbocycles. The topological polar surface area (TPSA) is 69.7 Å². The Hall–Kier alpha value is -1.31. The zero-order valence-corrected chi connectivity index (χ0v) is 17.7. The van der Waals surface area contributed by atoms with Crippen molar-refractivity contribution in [2.75, 3.05) is 36.7 Å². The van der Waals surface area contributed by atoms with Gasteiger partial charge in [-0.2, -0.15) is 0 Å². The summed E-state index contributed by atoms with van der Waals surface area (Å²) in [4.78, 5) is 15.2. The molecule has 6 nitrogen and oxygen atoms in total. The van der Waals surface area contributed by atoms with Crippen LogP contribution < -0.4 is 9.62 Å². The summed E-state index contributed by atoms with van der Waals surface area (Å²) in [5.74, 6) is 0.0676. The molecule has 0 aromatic heterocycles. The number of sulfonamides is 1. The molecule has 2 aliphatic rings. The van der Waals surface area contributed by atoms with Gasteiger partial charge in [-0.05, 0) is 69.0 Å². The average Bonchev–Trinajstić information content (AvgIpc) is 2.64. The second-order valence-corrected chi connectivity index (χ2v) is 9.17. The number of rotatable bonds is 5. The van der Waals surface area contributed by atoms with Crippen LogP contribution in [0.1, 0.15) is 48.5 Å². The minimum atomic E-state index is -3.28. The fourth-order valence-electron chi connectivity index (χ4n) is 4.02. The normalized spacial score (nSPS) is 17.8. The van der Waals surface area contributed by atoms with E-state index in [1.807, 2.05) is 11.0 Å². The number of hydrogen-bond donors (Lipinski definition) is 1. The molecule has 1 aromatic rings. The summed E-state index contributed by atoms with van der Waals surface area (Å²) in [6.45, 7) is 5.27. The van der Waals surface area contributed by atoms with Crippen molar-refractivity contribution in [3.63, 3.8) is 0 Å². The molecular weight excluding hydrogens is 386 g/mol. The van der Waals surface area contributed by atoms with Crippen LogP contribution in [0.5, 0.6) is 0 Å². The molecule has 1 amide bonds. The standard InChI is InChI=1S/C19H29N3O3S.ClH/c1-3-12-21(17-8-10-20-11-9-17)19(23)16-6-7-18-15(14-16)5-4-13-22(18)26(2,24)25;/h6-7,14,17,20H,3-5,8-13H2,1-2H3;1H. The predicted molar refractivity (Wildman–Crippen MR) is 111 cm³/mol. The Labute approximate surface area is 168 Å². The lowest BCUT2D eigenvalue weighted by Crippen LogP contribution is -2.46. The smallest absolute Gasteiger partial charge is 0.254 e. The highest BCUT2D eigenvalue weighted by Crippen LogP contribution is 2.30. The van der Waals surface area contributed by atoms with E-state index in [4.69, 9.17) is 0 Å². The van der Waals surface area contributed by atoms with Gasteiger partial charge in [-0.3, -0.25) is 9.10 Å². The molecule has 0 bridgehead atoms. The number of hydrogen-bond acceptors (Lipinski definition) is 4. The van der Waals surface area contributed by atoms with Gasteiger partial charge < -0.3 is 10.2 Å². The van der Waals surface area contributed by atoms with E-state index >= 15 is 0 Å². The Balaban J connectivity index is 0.00000261. The summed E-state index contributed by atoms with van der Waals surface area (Å²) in [6, 6.07) is 5.77. The molecule has 0 radical (unpaired) electrons. The maximum absolute atomic E-state index is 13.2. The number of halogens is 1. The average molecular weight is 416 g/mol. The monoisotopic (exact) mass is 415 g/mol. The molecule has 27 heavy (non-hydrogen) atoms. The molecule has 1 N–H and O–H groups in total. The molecule has 8 heteroatoms. The highest BCUT2D eigenvalue weighted by molar-refractivity contribution is 7.92. The first kappa shape index (κ1) is 22.0. The van der Waals surface area contributed by atoms with E-state index in [0.717, 1.165) is 63.0 Å². The number of anilines is 1. The Morgan fingerprint density at radius 1 is 1.30 bits per heavy atom. The van der Waals surface area contributed by atoms with Crippen LogP contribution >= 0.6 is 12.4 Å². The van der Waals surface area contributed by atoms with Crippen LogP contribution in [0.15, 0.2) is 18.2 Å². The third kappa shape index (κ3) is 4.95. The number of piperidine rings is 1. The van der Waals surface area contributed by atoms with Gasteiger partial charge in [0.2, 0.25) is 10.0 Å². The van der Waals surface area contributed by atoms with Crippen molar-refractivity contribution in [1.82, 2.24) is 10.2 Å². The fraction of sp³-hybridized carbons (Fsp3) is 0.632. The molecule has 2 aliphatic heterocycles. The Bertz CT molecular complexity index is 763. The number of nitrogens with zero attached hydrogens (tertiary/aromatic N) is 2. The van der Waals surface area contributed by atoms with E-state index in [1.165, 1.54) is 10.6 Å². The summed E-state index contributed by atoms with van der Waals surface area (Å²) >= 11 is 0. The van der Waals surface area contributed by atoms with Crippen LogP contribution in [-0.2, 0) is 16.4 Å². The number of aryl methyl sites for hydroxylation is 1. The second kappa shape index (κ2) is 9.26. The van der Waals surface area contributed by atoms with Gasteiger partial charge >= 0.3 is 0 Å². The van der Waals surface area contributed by atoms with Gasteiger partial charge in [-0.15, -0.1) is 12.4 Å². The van der Waals surface area contributed by atoms with E-state index in [9.17, 15) is 13.2 Å². The number of carbonyl (C=O) groups excluding carboxylic acids is 1. The maximum atomic E-state index is 13.2. The third-order valence-electron chi connectivity index (χ3n) is 5.28. The van der Waals surface area contributed by atoms with E-state index in [0.29, 0.717) is 12.1 Å². The highest BCUT2D eigenvalue weighted by Gasteiger charge is 2.28. The largest absolute Gasteiger partial charge is 0.336 e. The van der Waals surface area contributed by atoms with Crippen molar-refractivity contribution in [2.45, 2.75) is 45.1 Å². The highest BCUT2D eigenvalue weighted by atomic mass is 35.5. The summed E-state index contributed by atoms with van der Waals surface area (Å²) in [5, 5.41) is 3.35. The van der Waals surface area contributed by atoms with E-state index in [1.54, 1.807) is 12.1 Å². The van der Waals surface area contributed by atoms with Crippen LogP contribution in [0.4, 0.5) is 5.69 Å². The van der Waals surface area contributed by atoms with Crippen molar-refractivity contribution in [3.8, 4) is 0 Å². The summed E-state index contributed by atoms with van der Waals surface area (Å²) in [6.07, 6.45) is 5.73. The fourth-order valence-corrected chi connectivity index (χ4v) is 5.01. The summed E-state index contributed by atoms with van der Waals surface area (Å²) in [5.41, 5.74) is 2.35. The molecule has 1 saturated heterocycles. The van der Waals surface area contributed by atoms with Crippen molar-refractivity contribution < 1.29 is 13.2 Å². The second-order valence-electron chi connectivity index (χ2n) is 7.26. The van der Waals surface area contributed by atoms with Gasteiger partial charge in [0.15, 0.2) is 0 Å². The van der Waals surface area contributed by atoms with Crippen LogP contribution in [0, 0.1) is 0 Å². The van der Waals surface area contributed by atoms with Crippen LogP contribution in [0.3, 0.4) is 0 Å². The molecule has 3 rings (SSSR count). The molecular formula is C19H30ClN3O3S. The van der Waals surface area contributed by atoms with Gasteiger partial charge in [-0.25, -0.2) is 8.42 Å². The Morgan fingerprint density at radius 2 is 2.00 bits per heavy atom. The predicted octanol–water partition coefficient (Wildman–Crippen LogP) is 2.42. The molecule has 1 fully saturated rings. The Kier molecular flexibility index (Phi) is 7.54. The molecule has 2 heterocycles. The maximum Gasteiger partial charge on any atom is 0.254 e. The first-order valence-corrected chi connectivity index (χ1v) is 11.4. The third-order valence-corrected chi connectivity index (χ3v) is 6.46. The van der Waals surface area contributed by atoms with E-state index in [2.05, 4.69) is 12.2 Å². The minimum absolute atomic E-state index is 0. The molecule has 1 aromatic carbocycles. The van der Waals surface area contributed by atoms with Gasteiger partial charge in [0, 0.05) is 24.7 Å². The lowest BCUT2D eigenvalue weighted by molar-refractivity contribution is 0.0642. The van der Waals surface area contributed by atoms with Crippen molar-refractivity contribution in [2.24, 2.45) is 0 Å². The summed E-state index contributed by atoms with van der Waals surface area (Å²) in [7, 11) is -3.28. The molecule has 152 valence electrons. The molecule has 0 aliphatic carbocycles. The first-order chi connectivity index (χ1) is 12.4. The van der Waals surface area contributed by atoms with Crippen molar-refractivity contribution >= 4 is 34.0 Å². The minimum Gasteiger partial charge on any atom is -0.336 e. The van der Waals surface area contributed by atoms with Crippen LogP contribution in [0.25, 0.3) is 0 Å². The molecule has 0 unspecified atom stereocenters. The van der Waals surface area contributed by atoms with E-state index in [-0.39, 0.29) is 24.4 Å². The number of amides is 1. The number of carbonyl (C=O) groups is 1. The lowest BCUT2D eigenvalue weighted by atomic mass is 9.98. The quantitative estimate of drug-likeness (QED) is 0.801. The lowest BCUT2D eigenvalue weighted by Gasteiger charge is -2.35. The van der Waals surface area contributed by atoms with Gasteiger partial charge in [0.25, 0.3) is 5.91 Å². The van der Waals surface area contributed by atoms with Crippen LogP contribution in [-0.4, -0.2) is 57.7 Å². The SMILES string of the molecule is CCCN(C(=O)c1ccc2c(c1)CCCN2S(C)(=O)=O)C1CCNCC1.Cl. The van der Waals surface area contributed by atoms with Crippen LogP contribution in [0.2, 0.25) is 0 Å². The van der Waals surface area contributed by atoms with Crippen molar-refractivity contribution in [1.29, 1.82) is 0 Å². The van der Waals surface area contributed by atoms with Gasteiger partial charge in [0.1, 0.15) is 0 Å². The zero-order valence-electron chi connectivity index (χ0n) is 16.1. The molecule has 0 spiro atoms. The number of fused-ring (bicyclic) bond motifs is 1. The first-order valence-electron chi connectivity index (χ1n) is 9.54. The Morgan fingerprint density at radius 3 is 2.63 bits per heavy atom. The van der Waals surface area contributed by atoms with Gasteiger partial charge in [-0.1, -0.05) is 6.92 Å². The van der Waals surface area contributed by atoms with Crippen molar-refractivity contribution in [3.05, 3.63) is 29.3 Å². The van der Waals surface area contributed by atoms with E-state index < -0.39 is 10.0 Å². The van der Waals surface area contributed by atoms with Gasteiger partial charge in [0.05, 0.1) is 11.9 Å². The zero-order chi connectivity index (χ0) is 18.7. The number of nitrogens with one attached hydrogen (secondary N) is 1.